The molecular weight excluding hydrogens is 156 g/mol. The van der Waals surface area contributed by atoms with E-state index in [0.29, 0.717) is 0 Å². The smallest absolute Gasteiger partial charge is 0.0800 e. The molecule has 0 aromatic carbocycles. The van der Waals surface area contributed by atoms with Gasteiger partial charge in [0.15, 0.2) is 0 Å². The molecule has 0 bridgehead atoms. The van der Waals surface area contributed by atoms with Crippen LogP contribution in [0.1, 0.15) is 30.9 Å². The molecule has 1 saturated carbocycles. The lowest BCUT2D eigenvalue weighted by Gasteiger charge is -2.06. The summed E-state index contributed by atoms with van der Waals surface area (Å²) in [6.45, 7) is 0. The van der Waals surface area contributed by atoms with Crippen molar-refractivity contribution in [2.45, 2.75) is 25.4 Å². The van der Waals surface area contributed by atoms with Gasteiger partial charge < -0.3 is 5.11 Å². The van der Waals surface area contributed by atoms with E-state index in [2.05, 4.69) is 0 Å². The van der Waals surface area contributed by atoms with Crippen molar-refractivity contribution in [2.75, 3.05) is 0 Å². The fourth-order valence-electron chi connectivity index (χ4n) is 1.27. The third-order valence-corrected chi connectivity index (χ3v) is 2.88. The highest BCUT2D eigenvalue weighted by Gasteiger charge is 2.25. The summed E-state index contributed by atoms with van der Waals surface area (Å²) in [5, 5.41) is 13.7. The maximum absolute atomic E-state index is 9.63. The second kappa shape index (κ2) is 2.95. The number of aliphatic hydroxyl groups is 1. The first-order valence-electron chi connectivity index (χ1n) is 4.06. The van der Waals surface area contributed by atoms with Gasteiger partial charge in [-0.05, 0) is 34.7 Å². The quantitative estimate of drug-likeness (QED) is 0.735. The molecular formula is C9H12OS. The normalized spacial score (nSPS) is 20.1. The standard InChI is InChI=1S/C9H12OS/c10-9(5-7-1-2-7)8-3-4-11-6-8/h3-4,6-7,9-10H,1-2,5H2. The van der Waals surface area contributed by atoms with Gasteiger partial charge in [0.1, 0.15) is 0 Å². The lowest BCUT2D eigenvalue weighted by molar-refractivity contribution is 0.161. The van der Waals surface area contributed by atoms with Crippen molar-refractivity contribution in [1.29, 1.82) is 0 Å². The Morgan fingerprint density at radius 1 is 1.64 bits per heavy atom. The van der Waals surface area contributed by atoms with Gasteiger partial charge in [-0.3, -0.25) is 0 Å². The molecule has 1 aliphatic carbocycles. The van der Waals surface area contributed by atoms with Crippen LogP contribution in [0.15, 0.2) is 16.8 Å². The van der Waals surface area contributed by atoms with Crippen LogP contribution in [0.25, 0.3) is 0 Å². The van der Waals surface area contributed by atoms with Gasteiger partial charge in [-0.2, -0.15) is 11.3 Å². The minimum absolute atomic E-state index is 0.200. The van der Waals surface area contributed by atoms with Gasteiger partial charge in [0.25, 0.3) is 0 Å². The molecule has 60 valence electrons. The van der Waals surface area contributed by atoms with E-state index in [1.165, 1.54) is 12.8 Å². The molecule has 0 saturated heterocycles. The number of rotatable bonds is 3. The van der Waals surface area contributed by atoms with Crippen LogP contribution >= 0.6 is 11.3 Å². The van der Waals surface area contributed by atoms with E-state index in [9.17, 15) is 5.11 Å². The topological polar surface area (TPSA) is 20.2 Å². The maximum atomic E-state index is 9.63. The number of hydrogen-bond acceptors (Lipinski definition) is 2. The molecule has 0 aliphatic heterocycles. The van der Waals surface area contributed by atoms with Gasteiger partial charge in [0.2, 0.25) is 0 Å². The lowest BCUT2D eigenvalue weighted by atomic mass is 10.1. The van der Waals surface area contributed by atoms with Crippen molar-refractivity contribution in [3.8, 4) is 0 Å². The number of hydrogen-bond donors (Lipinski definition) is 1. The molecule has 2 heteroatoms. The Bertz CT molecular complexity index is 213. The second-order valence-electron chi connectivity index (χ2n) is 3.25. The maximum Gasteiger partial charge on any atom is 0.0800 e. The predicted octanol–water partition coefficient (Wildman–Crippen LogP) is 2.58. The molecule has 2 rings (SSSR count). The highest BCUT2D eigenvalue weighted by molar-refractivity contribution is 7.07. The summed E-state index contributed by atoms with van der Waals surface area (Å²) in [4.78, 5) is 0. The molecule has 1 unspecified atom stereocenters. The lowest BCUT2D eigenvalue weighted by Crippen LogP contribution is -1.95. The first-order valence-corrected chi connectivity index (χ1v) is 5.00. The third-order valence-electron chi connectivity index (χ3n) is 2.18. The van der Waals surface area contributed by atoms with E-state index in [-0.39, 0.29) is 6.10 Å². The summed E-state index contributed by atoms with van der Waals surface area (Å²) < 4.78 is 0. The molecule has 1 nitrogen and oxygen atoms in total. The van der Waals surface area contributed by atoms with Crippen molar-refractivity contribution < 1.29 is 5.11 Å². The van der Waals surface area contributed by atoms with Gasteiger partial charge in [-0.1, -0.05) is 12.8 Å². The van der Waals surface area contributed by atoms with Crippen LogP contribution in [0.2, 0.25) is 0 Å². The molecule has 1 aromatic heterocycles. The van der Waals surface area contributed by atoms with Crippen LogP contribution < -0.4 is 0 Å². The highest BCUT2D eigenvalue weighted by Crippen LogP contribution is 2.37. The van der Waals surface area contributed by atoms with Crippen molar-refractivity contribution in [3.63, 3.8) is 0 Å². The van der Waals surface area contributed by atoms with Gasteiger partial charge in [-0.25, -0.2) is 0 Å². The van der Waals surface area contributed by atoms with Crippen molar-refractivity contribution in [2.24, 2.45) is 5.92 Å². The molecule has 1 aliphatic rings. The average molecular weight is 168 g/mol. The van der Waals surface area contributed by atoms with E-state index in [1.54, 1.807) is 11.3 Å². The average Bonchev–Trinajstić information content (AvgIpc) is 2.67. The van der Waals surface area contributed by atoms with E-state index in [0.717, 1.165) is 17.9 Å². The Morgan fingerprint density at radius 2 is 2.45 bits per heavy atom. The minimum atomic E-state index is -0.200. The summed E-state index contributed by atoms with van der Waals surface area (Å²) in [5.74, 6) is 0.810. The van der Waals surface area contributed by atoms with Crippen LogP contribution in [0.4, 0.5) is 0 Å². The van der Waals surface area contributed by atoms with Crippen LogP contribution in [0.5, 0.6) is 0 Å². The van der Waals surface area contributed by atoms with E-state index >= 15 is 0 Å². The fourth-order valence-corrected chi connectivity index (χ4v) is 1.98. The molecule has 1 heterocycles. The van der Waals surface area contributed by atoms with Crippen LogP contribution in [-0.2, 0) is 0 Å². The van der Waals surface area contributed by atoms with Crippen LogP contribution in [-0.4, -0.2) is 5.11 Å². The van der Waals surface area contributed by atoms with Gasteiger partial charge in [0.05, 0.1) is 6.10 Å². The highest BCUT2D eigenvalue weighted by atomic mass is 32.1. The summed E-state index contributed by atoms with van der Waals surface area (Å²) in [5.41, 5.74) is 1.10. The first kappa shape index (κ1) is 7.32. The van der Waals surface area contributed by atoms with Crippen LogP contribution in [0.3, 0.4) is 0 Å². The van der Waals surface area contributed by atoms with E-state index in [4.69, 9.17) is 0 Å². The second-order valence-corrected chi connectivity index (χ2v) is 4.03. The monoisotopic (exact) mass is 168 g/mol. The number of aliphatic hydroxyl groups excluding tert-OH is 1. The first-order chi connectivity index (χ1) is 5.36. The molecule has 1 fully saturated rings. The van der Waals surface area contributed by atoms with Gasteiger partial charge in [0, 0.05) is 0 Å². The van der Waals surface area contributed by atoms with E-state index < -0.39 is 0 Å². The predicted molar refractivity (Wildman–Crippen MR) is 46.6 cm³/mol. The Morgan fingerprint density at radius 3 is 3.00 bits per heavy atom. The molecule has 0 spiro atoms. The van der Waals surface area contributed by atoms with Gasteiger partial charge >= 0.3 is 0 Å². The molecule has 1 aromatic rings. The fraction of sp³-hybridized carbons (Fsp3) is 0.556. The third kappa shape index (κ3) is 1.82. The molecule has 0 amide bonds. The zero-order valence-corrected chi connectivity index (χ0v) is 7.18. The summed E-state index contributed by atoms with van der Waals surface area (Å²) in [6, 6.07) is 2.01. The summed E-state index contributed by atoms with van der Waals surface area (Å²) in [7, 11) is 0. The van der Waals surface area contributed by atoms with Gasteiger partial charge in [-0.15, -0.1) is 0 Å². The Balaban J connectivity index is 1.93. The molecule has 1 atom stereocenters. The van der Waals surface area contributed by atoms with E-state index in [1.807, 2.05) is 16.8 Å². The summed E-state index contributed by atoms with van der Waals surface area (Å²) >= 11 is 1.66. The molecule has 0 radical (unpaired) electrons. The SMILES string of the molecule is OC(CC1CC1)c1ccsc1. The molecule has 1 N–H and O–H groups in total. The molecule has 11 heavy (non-hydrogen) atoms. The Hall–Kier alpha value is -0.340. The van der Waals surface area contributed by atoms with Crippen molar-refractivity contribution >= 4 is 11.3 Å². The van der Waals surface area contributed by atoms with Crippen molar-refractivity contribution in [1.82, 2.24) is 0 Å². The minimum Gasteiger partial charge on any atom is -0.388 e. The largest absolute Gasteiger partial charge is 0.388 e. The number of thiophene rings is 1. The van der Waals surface area contributed by atoms with Crippen LogP contribution in [0, 0.1) is 5.92 Å². The van der Waals surface area contributed by atoms with Crippen molar-refractivity contribution in [3.05, 3.63) is 22.4 Å². The zero-order valence-electron chi connectivity index (χ0n) is 6.36. The Kier molecular flexibility index (Phi) is 1.96. The Labute approximate surface area is 70.7 Å². The summed E-state index contributed by atoms with van der Waals surface area (Å²) in [6.07, 6.45) is 3.41. The zero-order chi connectivity index (χ0) is 7.68.